The van der Waals surface area contributed by atoms with Crippen LogP contribution in [0.3, 0.4) is 0 Å². The lowest BCUT2D eigenvalue weighted by Crippen LogP contribution is -2.26. The van der Waals surface area contributed by atoms with E-state index in [1.54, 1.807) is 14.0 Å². The van der Waals surface area contributed by atoms with Crippen LogP contribution in [0.2, 0.25) is 0 Å². The number of aromatic nitrogens is 2. The van der Waals surface area contributed by atoms with Gasteiger partial charge < -0.3 is 4.74 Å². The number of ether oxygens (including phenoxy) is 1. The third-order valence-electron chi connectivity index (χ3n) is 4.39. The summed E-state index contributed by atoms with van der Waals surface area (Å²) in [6, 6.07) is 7.82. The maximum absolute atomic E-state index is 12.8. The van der Waals surface area contributed by atoms with Gasteiger partial charge in [-0.2, -0.15) is 5.10 Å². The zero-order chi connectivity index (χ0) is 17.3. The second kappa shape index (κ2) is 6.52. The number of benzene rings is 1. The summed E-state index contributed by atoms with van der Waals surface area (Å²) in [6.45, 7) is 3.80. The molecule has 1 fully saturated rings. The van der Waals surface area contributed by atoms with E-state index < -0.39 is 6.10 Å². The first-order valence-corrected chi connectivity index (χ1v) is 8.30. The highest BCUT2D eigenvalue weighted by molar-refractivity contribution is 5.73. The zero-order valence-corrected chi connectivity index (χ0v) is 14.4. The Labute approximate surface area is 142 Å². The molecule has 1 aliphatic carbocycles. The van der Waals surface area contributed by atoms with Gasteiger partial charge in [-0.1, -0.05) is 30.2 Å². The van der Waals surface area contributed by atoms with Crippen molar-refractivity contribution in [3.63, 3.8) is 0 Å². The molecule has 0 saturated heterocycles. The van der Waals surface area contributed by atoms with E-state index in [0.717, 1.165) is 23.2 Å². The number of hydrogen-bond donors (Lipinski definition) is 0. The smallest absolute Gasteiger partial charge is 0.278 e. The van der Waals surface area contributed by atoms with E-state index >= 15 is 0 Å². The summed E-state index contributed by atoms with van der Waals surface area (Å²) in [4.78, 5) is 12.8. The maximum Gasteiger partial charge on any atom is 0.278 e. The average Bonchev–Trinajstić information content (AvgIpc) is 3.37. The van der Waals surface area contributed by atoms with Crippen LogP contribution in [0.5, 0.6) is 5.75 Å². The van der Waals surface area contributed by atoms with Crippen molar-refractivity contribution in [3.05, 3.63) is 45.9 Å². The van der Waals surface area contributed by atoms with E-state index in [-0.39, 0.29) is 5.56 Å². The Morgan fingerprint density at radius 3 is 2.75 bits per heavy atom. The normalized spacial score (nSPS) is 14.9. The van der Waals surface area contributed by atoms with Crippen LogP contribution in [0, 0.1) is 25.2 Å². The topological polar surface area (TPSA) is 44.1 Å². The molecule has 1 aliphatic rings. The molecule has 0 N–H and O–H groups in total. The Morgan fingerprint density at radius 1 is 1.42 bits per heavy atom. The fraction of sp³-hybridized carbons (Fsp3) is 0.400. The SMILES string of the molecule is C#CC(C)Oc1c(CC2CC2)nn(C)c(=O)c1-c1ccccc1C. The van der Waals surface area contributed by atoms with Crippen LogP contribution in [-0.2, 0) is 13.5 Å². The first kappa shape index (κ1) is 16.3. The second-order valence-electron chi connectivity index (χ2n) is 6.47. The Morgan fingerprint density at radius 2 is 2.12 bits per heavy atom. The van der Waals surface area contributed by atoms with Crippen LogP contribution in [0.15, 0.2) is 29.1 Å². The Bertz CT molecular complexity index is 857. The molecule has 3 rings (SSSR count). The summed E-state index contributed by atoms with van der Waals surface area (Å²) in [7, 11) is 1.69. The van der Waals surface area contributed by atoms with Crippen LogP contribution in [0.1, 0.15) is 31.0 Å². The van der Waals surface area contributed by atoms with Crippen molar-refractivity contribution in [2.24, 2.45) is 13.0 Å². The minimum Gasteiger partial charge on any atom is -0.475 e. The van der Waals surface area contributed by atoms with Crippen molar-refractivity contribution < 1.29 is 4.74 Å². The van der Waals surface area contributed by atoms with Gasteiger partial charge in [0.2, 0.25) is 0 Å². The van der Waals surface area contributed by atoms with Crippen molar-refractivity contribution >= 4 is 0 Å². The first-order chi connectivity index (χ1) is 11.5. The van der Waals surface area contributed by atoms with Crippen molar-refractivity contribution in [1.29, 1.82) is 0 Å². The largest absolute Gasteiger partial charge is 0.475 e. The van der Waals surface area contributed by atoms with Gasteiger partial charge in [0, 0.05) is 7.05 Å². The highest BCUT2D eigenvalue weighted by Gasteiger charge is 2.28. The monoisotopic (exact) mass is 322 g/mol. The number of rotatable bonds is 5. The summed E-state index contributed by atoms with van der Waals surface area (Å²) in [5, 5.41) is 4.47. The molecule has 1 aromatic carbocycles. The second-order valence-corrected chi connectivity index (χ2v) is 6.47. The molecule has 2 aromatic rings. The fourth-order valence-electron chi connectivity index (χ4n) is 2.83. The van der Waals surface area contributed by atoms with E-state index in [9.17, 15) is 4.79 Å². The van der Waals surface area contributed by atoms with E-state index in [2.05, 4.69) is 11.0 Å². The third kappa shape index (κ3) is 3.21. The molecule has 4 nitrogen and oxygen atoms in total. The van der Waals surface area contributed by atoms with Gasteiger partial charge in [-0.15, -0.1) is 6.42 Å². The molecular formula is C20H22N2O2. The highest BCUT2D eigenvalue weighted by Crippen LogP contribution is 2.38. The number of nitrogens with zero attached hydrogens (tertiary/aromatic N) is 2. The van der Waals surface area contributed by atoms with Gasteiger partial charge in [0.25, 0.3) is 5.56 Å². The molecule has 1 heterocycles. The lowest BCUT2D eigenvalue weighted by Gasteiger charge is -2.18. The van der Waals surface area contributed by atoms with Gasteiger partial charge >= 0.3 is 0 Å². The lowest BCUT2D eigenvalue weighted by atomic mass is 9.99. The van der Waals surface area contributed by atoms with Crippen LogP contribution in [0.25, 0.3) is 11.1 Å². The summed E-state index contributed by atoms with van der Waals surface area (Å²) < 4.78 is 7.40. The maximum atomic E-state index is 12.8. The molecule has 1 atom stereocenters. The summed E-state index contributed by atoms with van der Waals surface area (Å²) >= 11 is 0. The van der Waals surface area contributed by atoms with Crippen molar-refractivity contribution in [1.82, 2.24) is 9.78 Å². The molecule has 0 amide bonds. The minimum atomic E-state index is -0.417. The molecule has 24 heavy (non-hydrogen) atoms. The summed E-state index contributed by atoms with van der Waals surface area (Å²) in [5.41, 5.74) is 3.11. The molecule has 0 bridgehead atoms. The molecule has 0 spiro atoms. The predicted molar refractivity (Wildman–Crippen MR) is 95.0 cm³/mol. The van der Waals surface area contributed by atoms with Gasteiger partial charge in [-0.25, -0.2) is 4.68 Å². The van der Waals surface area contributed by atoms with Gasteiger partial charge in [0.05, 0.1) is 5.56 Å². The average molecular weight is 322 g/mol. The molecule has 1 aromatic heterocycles. The minimum absolute atomic E-state index is 0.164. The molecule has 1 saturated carbocycles. The van der Waals surface area contributed by atoms with Crippen LogP contribution in [0.4, 0.5) is 0 Å². The predicted octanol–water partition coefficient (Wildman–Crippen LogP) is 3.11. The Balaban J connectivity index is 2.24. The number of aryl methyl sites for hydroxylation is 2. The lowest BCUT2D eigenvalue weighted by molar-refractivity contribution is 0.273. The van der Waals surface area contributed by atoms with E-state index in [0.29, 0.717) is 17.2 Å². The molecular weight excluding hydrogens is 300 g/mol. The number of terminal acetylenes is 1. The Hall–Kier alpha value is -2.54. The van der Waals surface area contributed by atoms with Crippen LogP contribution in [-0.4, -0.2) is 15.9 Å². The van der Waals surface area contributed by atoms with E-state index in [1.165, 1.54) is 17.5 Å². The molecule has 1 unspecified atom stereocenters. The molecule has 124 valence electrons. The van der Waals surface area contributed by atoms with E-state index in [1.807, 2.05) is 31.2 Å². The molecule has 0 radical (unpaired) electrons. The van der Waals surface area contributed by atoms with Crippen molar-refractivity contribution in [2.45, 2.75) is 39.2 Å². The van der Waals surface area contributed by atoms with Gasteiger partial charge in [-0.3, -0.25) is 4.79 Å². The third-order valence-corrected chi connectivity index (χ3v) is 4.39. The number of hydrogen-bond acceptors (Lipinski definition) is 3. The van der Waals surface area contributed by atoms with Crippen molar-refractivity contribution in [2.75, 3.05) is 0 Å². The summed E-state index contributed by atoms with van der Waals surface area (Å²) in [5.74, 6) is 3.75. The molecule has 4 heteroatoms. The Kier molecular flexibility index (Phi) is 4.44. The van der Waals surface area contributed by atoms with Crippen molar-refractivity contribution in [3.8, 4) is 29.2 Å². The summed E-state index contributed by atoms with van der Waals surface area (Å²) in [6.07, 6.45) is 8.30. The fourth-order valence-corrected chi connectivity index (χ4v) is 2.83. The first-order valence-electron chi connectivity index (χ1n) is 8.30. The van der Waals surface area contributed by atoms with Gasteiger partial charge in [0.15, 0.2) is 11.9 Å². The standard InChI is InChI=1S/C20H22N2O2/c1-5-14(3)24-19-17(12-15-10-11-15)21-22(4)20(23)18(19)16-9-7-6-8-13(16)2/h1,6-9,14-15H,10-12H2,2-4H3. The van der Waals surface area contributed by atoms with Crippen LogP contribution >= 0.6 is 0 Å². The van der Waals surface area contributed by atoms with E-state index in [4.69, 9.17) is 11.2 Å². The van der Waals surface area contributed by atoms with Gasteiger partial charge in [0.1, 0.15) is 5.69 Å². The highest BCUT2D eigenvalue weighted by atomic mass is 16.5. The zero-order valence-electron chi connectivity index (χ0n) is 14.4. The van der Waals surface area contributed by atoms with Crippen LogP contribution < -0.4 is 10.3 Å². The molecule has 0 aliphatic heterocycles. The quantitative estimate of drug-likeness (QED) is 0.795. The van der Waals surface area contributed by atoms with Gasteiger partial charge in [-0.05, 0) is 50.2 Å².